The maximum absolute atomic E-state index is 8.11. The van der Waals surface area contributed by atoms with Crippen LogP contribution >= 0.6 is 15.9 Å². The molecule has 0 aliphatic rings. The second-order valence-electron chi connectivity index (χ2n) is 1.61. The van der Waals surface area contributed by atoms with Crippen LogP contribution in [0.15, 0.2) is 0 Å². The number of rotatable bonds is 3. The lowest BCUT2D eigenvalue weighted by Crippen LogP contribution is -1.87. The van der Waals surface area contributed by atoms with Gasteiger partial charge in [-0.05, 0) is 6.42 Å². The van der Waals surface area contributed by atoms with Gasteiger partial charge in [0.2, 0.25) is 0 Å². The molecule has 3 heteroatoms. The average molecular weight is 187 g/mol. The topological polar surface area (TPSA) is 28.1 Å². The Morgan fingerprint density at radius 2 is 2.44 bits per heavy atom. The molecule has 0 aliphatic heterocycles. The molecule has 1 unspecified atom stereocenters. The van der Waals surface area contributed by atoms with Gasteiger partial charge in [0.1, 0.15) is 0 Å². The lowest BCUT2D eigenvalue weighted by molar-refractivity contribution is 0.783. The molecule has 2 nitrogen and oxygen atoms in total. The first kappa shape index (κ1) is 8.46. The Hall–Kier alpha value is -0.540. The van der Waals surface area contributed by atoms with E-state index in [0.717, 1.165) is 12.8 Å². The standard InChI is InChI=1S/C6H7BrN2/c1-9-6(7)4-2-3-5-8/h6H,2-4H2. The highest BCUT2D eigenvalue weighted by Crippen LogP contribution is 2.09. The molecule has 0 aromatic rings. The van der Waals surface area contributed by atoms with E-state index in [9.17, 15) is 0 Å². The van der Waals surface area contributed by atoms with E-state index >= 15 is 0 Å². The Morgan fingerprint density at radius 1 is 1.78 bits per heavy atom. The van der Waals surface area contributed by atoms with Gasteiger partial charge in [-0.2, -0.15) is 5.26 Å². The van der Waals surface area contributed by atoms with Crippen molar-refractivity contribution in [1.82, 2.24) is 0 Å². The number of nitrogens with zero attached hydrogens (tertiary/aromatic N) is 2. The second kappa shape index (κ2) is 5.59. The first-order chi connectivity index (χ1) is 4.31. The molecule has 0 saturated heterocycles. The number of nitriles is 1. The van der Waals surface area contributed by atoms with Crippen molar-refractivity contribution >= 4 is 15.9 Å². The van der Waals surface area contributed by atoms with Crippen molar-refractivity contribution in [3.63, 3.8) is 0 Å². The summed E-state index contributed by atoms with van der Waals surface area (Å²) in [6, 6.07) is 2.02. The van der Waals surface area contributed by atoms with E-state index in [2.05, 4.69) is 20.8 Å². The van der Waals surface area contributed by atoms with E-state index in [1.165, 1.54) is 0 Å². The van der Waals surface area contributed by atoms with Crippen molar-refractivity contribution in [3.05, 3.63) is 11.4 Å². The van der Waals surface area contributed by atoms with E-state index in [1.807, 2.05) is 6.07 Å². The second-order valence-corrected chi connectivity index (χ2v) is 2.67. The predicted octanol–water partition coefficient (Wildman–Crippen LogP) is 2.32. The van der Waals surface area contributed by atoms with Gasteiger partial charge in [-0.15, -0.1) is 0 Å². The number of hydrogen-bond donors (Lipinski definition) is 0. The molecule has 0 heterocycles. The third-order valence-corrected chi connectivity index (χ3v) is 1.53. The zero-order valence-electron chi connectivity index (χ0n) is 4.97. The fourth-order valence-electron chi connectivity index (χ4n) is 0.414. The van der Waals surface area contributed by atoms with Gasteiger partial charge >= 0.3 is 0 Å². The van der Waals surface area contributed by atoms with Crippen LogP contribution < -0.4 is 0 Å². The lowest BCUT2D eigenvalue weighted by Gasteiger charge is -1.90. The third-order valence-electron chi connectivity index (χ3n) is 0.871. The van der Waals surface area contributed by atoms with Gasteiger partial charge < -0.3 is 4.85 Å². The molecule has 0 fully saturated rings. The Kier molecular flexibility index (Phi) is 5.26. The smallest absolute Gasteiger partial charge is 0.276 e. The van der Waals surface area contributed by atoms with Crippen molar-refractivity contribution in [2.45, 2.75) is 24.2 Å². The molecule has 0 aromatic carbocycles. The summed E-state index contributed by atoms with van der Waals surface area (Å²) in [5.74, 6) is 0. The quantitative estimate of drug-likeness (QED) is 0.288. The molecule has 0 aliphatic carbocycles. The van der Waals surface area contributed by atoms with Crippen molar-refractivity contribution in [1.29, 1.82) is 5.26 Å². The van der Waals surface area contributed by atoms with Crippen molar-refractivity contribution in [3.8, 4) is 6.07 Å². The first-order valence-electron chi connectivity index (χ1n) is 2.69. The maximum Gasteiger partial charge on any atom is 0.276 e. The third kappa shape index (κ3) is 5.33. The van der Waals surface area contributed by atoms with E-state index < -0.39 is 0 Å². The highest BCUT2D eigenvalue weighted by Gasteiger charge is 2.03. The molecular formula is C6H7BrN2. The molecule has 9 heavy (non-hydrogen) atoms. The van der Waals surface area contributed by atoms with Crippen LogP contribution in [-0.2, 0) is 0 Å². The minimum Gasteiger partial charge on any atom is -0.301 e. The van der Waals surface area contributed by atoms with E-state index in [0.29, 0.717) is 6.42 Å². The summed E-state index contributed by atoms with van der Waals surface area (Å²) in [6.45, 7) is 6.54. The zero-order chi connectivity index (χ0) is 7.11. The van der Waals surface area contributed by atoms with Crippen molar-refractivity contribution < 1.29 is 0 Å². The molecule has 0 amide bonds. The molecule has 0 spiro atoms. The van der Waals surface area contributed by atoms with Gasteiger partial charge in [-0.1, -0.05) is 0 Å². The van der Waals surface area contributed by atoms with Gasteiger partial charge in [0, 0.05) is 28.8 Å². The van der Waals surface area contributed by atoms with Crippen LogP contribution in [0.3, 0.4) is 0 Å². The van der Waals surface area contributed by atoms with Crippen LogP contribution in [0, 0.1) is 17.9 Å². The summed E-state index contributed by atoms with van der Waals surface area (Å²) in [7, 11) is 0. The number of unbranched alkanes of at least 4 members (excludes halogenated alkanes) is 1. The summed E-state index contributed by atoms with van der Waals surface area (Å²) < 4.78 is 0. The van der Waals surface area contributed by atoms with Crippen molar-refractivity contribution in [2.75, 3.05) is 0 Å². The first-order valence-corrected chi connectivity index (χ1v) is 3.60. The SMILES string of the molecule is [C-]#[N+]C(Br)CCCC#N. The summed E-state index contributed by atoms with van der Waals surface area (Å²) in [6.07, 6.45) is 2.14. The van der Waals surface area contributed by atoms with Crippen molar-refractivity contribution in [2.24, 2.45) is 0 Å². The van der Waals surface area contributed by atoms with Gasteiger partial charge in [0.05, 0.1) is 6.07 Å². The molecule has 0 bridgehead atoms. The highest BCUT2D eigenvalue weighted by atomic mass is 79.9. The normalized spacial score (nSPS) is 11.4. The minimum absolute atomic E-state index is 0.0918. The summed E-state index contributed by atoms with van der Waals surface area (Å²) in [4.78, 5) is 3.13. The van der Waals surface area contributed by atoms with Crippen LogP contribution in [0.25, 0.3) is 4.85 Å². The fraction of sp³-hybridized carbons (Fsp3) is 0.667. The van der Waals surface area contributed by atoms with Gasteiger partial charge in [0.15, 0.2) is 0 Å². The minimum atomic E-state index is -0.0918. The molecule has 1 atom stereocenters. The summed E-state index contributed by atoms with van der Waals surface area (Å²) in [5, 5.41) is 8.11. The van der Waals surface area contributed by atoms with Gasteiger partial charge in [0.25, 0.3) is 4.95 Å². The van der Waals surface area contributed by atoms with Crippen LogP contribution in [0.1, 0.15) is 19.3 Å². The molecule has 0 saturated carbocycles. The Labute approximate surface area is 63.4 Å². The lowest BCUT2D eigenvalue weighted by atomic mass is 10.2. The van der Waals surface area contributed by atoms with E-state index in [-0.39, 0.29) is 4.95 Å². The van der Waals surface area contributed by atoms with Crippen LogP contribution in [-0.4, -0.2) is 4.95 Å². The zero-order valence-corrected chi connectivity index (χ0v) is 6.56. The molecule has 48 valence electrons. The Morgan fingerprint density at radius 3 is 2.89 bits per heavy atom. The predicted molar refractivity (Wildman–Crippen MR) is 38.8 cm³/mol. The molecule has 0 radical (unpaired) electrons. The largest absolute Gasteiger partial charge is 0.301 e. The molecule has 0 N–H and O–H groups in total. The molecule has 0 aromatic heterocycles. The van der Waals surface area contributed by atoms with E-state index in [4.69, 9.17) is 11.8 Å². The van der Waals surface area contributed by atoms with Gasteiger partial charge in [-0.3, -0.25) is 0 Å². The van der Waals surface area contributed by atoms with Gasteiger partial charge in [-0.25, -0.2) is 6.57 Å². The monoisotopic (exact) mass is 186 g/mol. The van der Waals surface area contributed by atoms with Crippen LogP contribution in [0.2, 0.25) is 0 Å². The van der Waals surface area contributed by atoms with E-state index in [1.54, 1.807) is 0 Å². The van der Waals surface area contributed by atoms with Crippen LogP contribution in [0.4, 0.5) is 0 Å². The van der Waals surface area contributed by atoms with Crippen LogP contribution in [0.5, 0.6) is 0 Å². The Balaban J connectivity index is 3.12. The number of hydrogen-bond acceptors (Lipinski definition) is 1. The summed E-state index contributed by atoms with van der Waals surface area (Å²) >= 11 is 3.14. The average Bonchev–Trinajstić information content (AvgIpc) is 1.89. The Bertz CT molecular complexity index is 142. The molecular weight excluding hydrogens is 180 g/mol. The maximum atomic E-state index is 8.11. The highest BCUT2D eigenvalue weighted by molar-refractivity contribution is 9.09. The summed E-state index contributed by atoms with van der Waals surface area (Å²) in [5.41, 5.74) is 0. The number of alkyl halides is 1. The number of halogens is 1. The fourth-order valence-corrected chi connectivity index (χ4v) is 0.738. The molecule has 0 rings (SSSR count).